The van der Waals surface area contributed by atoms with Crippen molar-refractivity contribution in [1.29, 1.82) is 0 Å². The minimum absolute atomic E-state index is 0.454. The Balaban J connectivity index is 1.83. The Bertz CT molecular complexity index is 740. The molecule has 0 saturated carbocycles. The molecule has 6 heteroatoms. The van der Waals surface area contributed by atoms with Crippen LogP contribution in [0.15, 0.2) is 30.3 Å². The average molecular weight is 280 g/mol. The average Bonchev–Trinajstić information content (AvgIpc) is 2.87. The second kappa shape index (κ2) is 5.32. The molecule has 0 fully saturated rings. The van der Waals surface area contributed by atoms with Crippen molar-refractivity contribution in [1.82, 2.24) is 25.1 Å². The van der Waals surface area contributed by atoms with E-state index in [-0.39, 0.29) is 0 Å². The number of aryl methyl sites for hydroxylation is 3. The molecule has 3 aromatic rings. The van der Waals surface area contributed by atoms with E-state index in [0.29, 0.717) is 17.7 Å². The van der Waals surface area contributed by atoms with Gasteiger partial charge in [-0.25, -0.2) is 9.97 Å². The van der Waals surface area contributed by atoms with Crippen molar-refractivity contribution < 1.29 is 0 Å². The van der Waals surface area contributed by atoms with Crippen LogP contribution in [0, 0.1) is 20.8 Å². The van der Waals surface area contributed by atoms with E-state index in [9.17, 15) is 0 Å². The van der Waals surface area contributed by atoms with Gasteiger partial charge in [-0.3, -0.25) is 10.4 Å². The summed E-state index contributed by atoms with van der Waals surface area (Å²) in [4.78, 5) is 13.0. The molecule has 3 rings (SSSR count). The number of anilines is 2. The Hall–Kier alpha value is -2.76. The van der Waals surface area contributed by atoms with E-state index in [1.54, 1.807) is 0 Å². The van der Waals surface area contributed by atoms with Gasteiger partial charge in [0.2, 0.25) is 11.9 Å². The van der Waals surface area contributed by atoms with Gasteiger partial charge in [0.05, 0.1) is 0 Å². The maximum Gasteiger partial charge on any atom is 0.249 e. The minimum Gasteiger partial charge on any atom is -0.291 e. The van der Waals surface area contributed by atoms with Crippen LogP contribution in [0.5, 0.6) is 0 Å². The molecule has 106 valence electrons. The maximum absolute atomic E-state index is 4.41. The standard InChI is InChI=1S/C15H16N6/c1-9-4-6-12(7-5-9)13-18-15(21-20-13)19-14-16-10(2)8-11(3)17-14/h4-8H,1-3H3,(H2,16,17,18,19,20,21). The Morgan fingerprint density at radius 2 is 1.52 bits per heavy atom. The Morgan fingerprint density at radius 3 is 2.19 bits per heavy atom. The highest BCUT2D eigenvalue weighted by Gasteiger charge is 2.07. The normalized spacial score (nSPS) is 10.6. The van der Waals surface area contributed by atoms with Gasteiger partial charge in [-0.1, -0.05) is 29.8 Å². The molecule has 0 unspecified atom stereocenters. The number of aromatic amines is 1. The molecule has 0 amide bonds. The minimum atomic E-state index is 0.454. The molecular formula is C15H16N6. The van der Waals surface area contributed by atoms with Gasteiger partial charge in [0.15, 0.2) is 5.82 Å². The lowest BCUT2D eigenvalue weighted by atomic mass is 10.1. The predicted molar refractivity (Wildman–Crippen MR) is 81.3 cm³/mol. The van der Waals surface area contributed by atoms with Crippen LogP contribution in [0.2, 0.25) is 0 Å². The second-order valence-corrected chi connectivity index (χ2v) is 4.97. The number of rotatable bonds is 3. The number of nitrogens with one attached hydrogen (secondary N) is 2. The molecule has 0 bridgehead atoms. The highest BCUT2D eigenvalue weighted by molar-refractivity contribution is 5.57. The van der Waals surface area contributed by atoms with Gasteiger partial charge in [-0.2, -0.15) is 4.98 Å². The van der Waals surface area contributed by atoms with Gasteiger partial charge in [0, 0.05) is 17.0 Å². The highest BCUT2D eigenvalue weighted by atomic mass is 15.3. The topological polar surface area (TPSA) is 79.4 Å². The Kier molecular flexibility index (Phi) is 3.35. The summed E-state index contributed by atoms with van der Waals surface area (Å²) >= 11 is 0. The van der Waals surface area contributed by atoms with E-state index < -0.39 is 0 Å². The van der Waals surface area contributed by atoms with Crippen molar-refractivity contribution in [3.05, 3.63) is 47.3 Å². The van der Waals surface area contributed by atoms with Crippen LogP contribution < -0.4 is 5.32 Å². The van der Waals surface area contributed by atoms with Crippen LogP contribution >= 0.6 is 0 Å². The molecule has 0 radical (unpaired) electrons. The summed E-state index contributed by atoms with van der Waals surface area (Å²) in [5, 5.41) is 10.1. The summed E-state index contributed by atoms with van der Waals surface area (Å²) in [6.45, 7) is 5.90. The van der Waals surface area contributed by atoms with E-state index in [0.717, 1.165) is 17.0 Å². The monoisotopic (exact) mass is 280 g/mol. The number of aromatic nitrogens is 5. The van der Waals surface area contributed by atoms with E-state index in [1.165, 1.54) is 5.56 Å². The molecule has 2 N–H and O–H groups in total. The third-order valence-corrected chi connectivity index (χ3v) is 3.02. The summed E-state index contributed by atoms with van der Waals surface area (Å²) in [6.07, 6.45) is 0. The van der Waals surface area contributed by atoms with Crippen molar-refractivity contribution in [3.8, 4) is 11.4 Å². The molecule has 0 spiro atoms. The van der Waals surface area contributed by atoms with Crippen LogP contribution in [0.4, 0.5) is 11.9 Å². The Morgan fingerprint density at radius 1 is 0.857 bits per heavy atom. The highest BCUT2D eigenvalue weighted by Crippen LogP contribution is 2.17. The second-order valence-electron chi connectivity index (χ2n) is 4.97. The van der Waals surface area contributed by atoms with Crippen molar-refractivity contribution in [2.75, 3.05) is 5.32 Å². The van der Waals surface area contributed by atoms with Crippen LogP contribution in [0.25, 0.3) is 11.4 Å². The quantitative estimate of drug-likeness (QED) is 0.771. The lowest BCUT2D eigenvalue weighted by Gasteiger charge is -2.02. The van der Waals surface area contributed by atoms with E-state index in [2.05, 4.69) is 37.4 Å². The largest absolute Gasteiger partial charge is 0.291 e. The van der Waals surface area contributed by atoms with Gasteiger partial charge in [0.25, 0.3) is 0 Å². The molecule has 2 aromatic heterocycles. The molecule has 2 heterocycles. The molecule has 0 saturated heterocycles. The summed E-state index contributed by atoms with van der Waals surface area (Å²) in [5.41, 5.74) is 4.00. The molecule has 6 nitrogen and oxygen atoms in total. The molecule has 0 aliphatic heterocycles. The van der Waals surface area contributed by atoms with Crippen LogP contribution in [0.1, 0.15) is 17.0 Å². The summed E-state index contributed by atoms with van der Waals surface area (Å²) < 4.78 is 0. The first-order chi connectivity index (χ1) is 10.1. The fourth-order valence-electron chi connectivity index (χ4n) is 2.04. The van der Waals surface area contributed by atoms with Gasteiger partial charge < -0.3 is 0 Å². The molecular weight excluding hydrogens is 264 g/mol. The van der Waals surface area contributed by atoms with Gasteiger partial charge >= 0.3 is 0 Å². The number of hydrogen-bond acceptors (Lipinski definition) is 5. The van der Waals surface area contributed by atoms with Crippen LogP contribution in [-0.2, 0) is 0 Å². The van der Waals surface area contributed by atoms with E-state index in [4.69, 9.17) is 0 Å². The first-order valence-corrected chi connectivity index (χ1v) is 6.69. The molecule has 0 aliphatic rings. The lowest BCUT2D eigenvalue weighted by Crippen LogP contribution is -2.01. The third-order valence-electron chi connectivity index (χ3n) is 3.02. The smallest absolute Gasteiger partial charge is 0.249 e. The van der Waals surface area contributed by atoms with Gasteiger partial charge in [-0.15, -0.1) is 5.10 Å². The van der Waals surface area contributed by atoms with Gasteiger partial charge in [0.1, 0.15) is 0 Å². The van der Waals surface area contributed by atoms with Crippen molar-refractivity contribution in [2.45, 2.75) is 20.8 Å². The zero-order valence-electron chi connectivity index (χ0n) is 12.2. The fraction of sp³-hybridized carbons (Fsp3) is 0.200. The zero-order chi connectivity index (χ0) is 14.8. The number of H-pyrrole nitrogens is 1. The fourth-order valence-corrected chi connectivity index (χ4v) is 2.04. The number of benzene rings is 1. The molecule has 0 aliphatic carbocycles. The van der Waals surface area contributed by atoms with E-state index in [1.807, 2.05) is 44.2 Å². The summed E-state index contributed by atoms with van der Waals surface area (Å²) in [7, 11) is 0. The van der Waals surface area contributed by atoms with Crippen molar-refractivity contribution in [2.24, 2.45) is 0 Å². The third kappa shape index (κ3) is 3.05. The zero-order valence-corrected chi connectivity index (χ0v) is 12.2. The number of hydrogen-bond donors (Lipinski definition) is 2. The van der Waals surface area contributed by atoms with Crippen molar-refractivity contribution >= 4 is 11.9 Å². The van der Waals surface area contributed by atoms with Crippen LogP contribution in [-0.4, -0.2) is 25.1 Å². The predicted octanol–water partition coefficient (Wildman–Crippen LogP) is 2.93. The molecule has 0 atom stereocenters. The summed E-state index contributed by atoms with van der Waals surface area (Å²) in [5.74, 6) is 1.67. The van der Waals surface area contributed by atoms with Crippen molar-refractivity contribution in [3.63, 3.8) is 0 Å². The molecule has 21 heavy (non-hydrogen) atoms. The van der Waals surface area contributed by atoms with E-state index >= 15 is 0 Å². The number of nitrogens with zero attached hydrogens (tertiary/aromatic N) is 4. The van der Waals surface area contributed by atoms with Crippen LogP contribution in [0.3, 0.4) is 0 Å². The van der Waals surface area contributed by atoms with Gasteiger partial charge in [-0.05, 0) is 26.8 Å². The SMILES string of the molecule is Cc1ccc(-c2nc(Nc3nc(C)cc(C)n3)n[nH]2)cc1. The first-order valence-electron chi connectivity index (χ1n) is 6.69. The Labute approximate surface area is 122 Å². The first kappa shape index (κ1) is 13.2. The maximum atomic E-state index is 4.41. The molecule has 1 aromatic carbocycles. The lowest BCUT2D eigenvalue weighted by molar-refractivity contribution is 1.04. The summed E-state index contributed by atoms with van der Waals surface area (Å²) in [6, 6.07) is 10.0.